The molecule has 90 valence electrons. The van der Waals surface area contributed by atoms with Crippen LogP contribution >= 0.6 is 0 Å². The monoisotopic (exact) mass is 234 g/mol. The van der Waals surface area contributed by atoms with Crippen molar-refractivity contribution in [3.8, 4) is 0 Å². The van der Waals surface area contributed by atoms with Crippen LogP contribution in [0.2, 0.25) is 0 Å². The number of nitrogens with zero attached hydrogens (tertiary/aromatic N) is 2. The quantitative estimate of drug-likeness (QED) is 0.884. The van der Waals surface area contributed by atoms with Crippen molar-refractivity contribution in [2.45, 2.75) is 27.0 Å². The number of hydrogen-bond acceptors (Lipinski definition) is 2. The van der Waals surface area contributed by atoms with Gasteiger partial charge in [-0.1, -0.05) is 12.1 Å². The van der Waals surface area contributed by atoms with E-state index in [9.17, 15) is 4.39 Å². The van der Waals surface area contributed by atoms with Gasteiger partial charge in [-0.05, 0) is 30.5 Å². The van der Waals surface area contributed by atoms with Crippen LogP contribution in [-0.4, -0.2) is 14.7 Å². The van der Waals surface area contributed by atoms with Gasteiger partial charge in [0.05, 0.1) is 24.8 Å². The van der Waals surface area contributed by atoms with E-state index >= 15 is 0 Å². The lowest BCUT2D eigenvalue weighted by Crippen LogP contribution is -2.04. The fourth-order valence-corrected chi connectivity index (χ4v) is 1.95. The summed E-state index contributed by atoms with van der Waals surface area (Å²) in [6, 6.07) is 3.65. The molecular formula is C13H15FN2O. The van der Waals surface area contributed by atoms with Crippen molar-refractivity contribution in [2.24, 2.45) is 0 Å². The largest absolute Gasteiger partial charge is 0.390 e. The number of rotatable bonds is 3. The molecule has 0 saturated heterocycles. The van der Waals surface area contributed by atoms with Crippen molar-refractivity contribution >= 4 is 0 Å². The van der Waals surface area contributed by atoms with Gasteiger partial charge in [0.1, 0.15) is 5.82 Å². The molecule has 3 nitrogen and oxygen atoms in total. The van der Waals surface area contributed by atoms with E-state index in [2.05, 4.69) is 4.98 Å². The number of hydrogen-bond donors (Lipinski definition) is 1. The molecule has 0 radical (unpaired) electrons. The second-order valence-corrected chi connectivity index (χ2v) is 4.21. The number of benzene rings is 1. The van der Waals surface area contributed by atoms with E-state index in [-0.39, 0.29) is 12.4 Å². The molecule has 0 unspecified atom stereocenters. The first-order valence-corrected chi connectivity index (χ1v) is 5.47. The van der Waals surface area contributed by atoms with Crippen molar-refractivity contribution in [2.75, 3.05) is 0 Å². The van der Waals surface area contributed by atoms with Crippen LogP contribution in [0.1, 0.15) is 22.4 Å². The predicted octanol–water partition coefficient (Wildman–Crippen LogP) is 2.18. The molecule has 2 aromatic rings. The van der Waals surface area contributed by atoms with E-state index in [1.165, 1.54) is 0 Å². The minimum Gasteiger partial charge on any atom is -0.390 e. The number of aromatic nitrogens is 2. The van der Waals surface area contributed by atoms with Gasteiger partial charge in [-0.3, -0.25) is 0 Å². The fourth-order valence-electron chi connectivity index (χ4n) is 1.95. The Kier molecular flexibility index (Phi) is 3.24. The molecule has 0 atom stereocenters. The van der Waals surface area contributed by atoms with Crippen molar-refractivity contribution in [1.82, 2.24) is 9.55 Å². The molecule has 0 fully saturated rings. The second kappa shape index (κ2) is 4.67. The van der Waals surface area contributed by atoms with E-state index in [0.29, 0.717) is 17.7 Å². The van der Waals surface area contributed by atoms with Crippen LogP contribution in [0.4, 0.5) is 4.39 Å². The van der Waals surface area contributed by atoms with E-state index in [1.807, 2.05) is 16.7 Å². The van der Waals surface area contributed by atoms with Gasteiger partial charge in [-0.25, -0.2) is 9.37 Å². The Hall–Kier alpha value is -1.68. The van der Waals surface area contributed by atoms with E-state index in [0.717, 1.165) is 11.3 Å². The van der Waals surface area contributed by atoms with Crippen LogP contribution in [0.5, 0.6) is 0 Å². The van der Waals surface area contributed by atoms with Gasteiger partial charge in [0.25, 0.3) is 0 Å². The number of halogens is 1. The highest BCUT2D eigenvalue weighted by atomic mass is 19.1. The molecule has 0 spiro atoms. The third-order valence-electron chi connectivity index (χ3n) is 2.81. The van der Waals surface area contributed by atoms with Gasteiger partial charge >= 0.3 is 0 Å². The summed E-state index contributed by atoms with van der Waals surface area (Å²) in [6.45, 7) is 4.07. The molecule has 0 aliphatic carbocycles. The average Bonchev–Trinajstić information content (AvgIpc) is 2.73. The number of imidazole rings is 1. The van der Waals surface area contributed by atoms with Crippen molar-refractivity contribution in [3.63, 3.8) is 0 Å². The Balaban J connectivity index is 2.31. The van der Waals surface area contributed by atoms with Gasteiger partial charge in [-0.15, -0.1) is 0 Å². The van der Waals surface area contributed by atoms with Crippen LogP contribution in [0.15, 0.2) is 24.7 Å². The van der Waals surface area contributed by atoms with Gasteiger partial charge in [0, 0.05) is 6.54 Å². The molecule has 1 aromatic carbocycles. The Morgan fingerprint density at radius 3 is 2.53 bits per heavy atom. The minimum atomic E-state index is -0.151. The zero-order valence-electron chi connectivity index (χ0n) is 9.94. The summed E-state index contributed by atoms with van der Waals surface area (Å²) >= 11 is 0. The number of aryl methyl sites for hydroxylation is 2. The zero-order chi connectivity index (χ0) is 12.4. The number of aliphatic hydroxyl groups excluding tert-OH is 1. The van der Waals surface area contributed by atoms with Gasteiger partial charge in [0.2, 0.25) is 0 Å². The highest BCUT2D eigenvalue weighted by Gasteiger charge is 2.06. The highest BCUT2D eigenvalue weighted by molar-refractivity contribution is 5.30. The summed E-state index contributed by atoms with van der Waals surface area (Å²) < 4.78 is 15.3. The Morgan fingerprint density at radius 1 is 1.29 bits per heavy atom. The lowest BCUT2D eigenvalue weighted by atomic mass is 10.1. The standard InChI is InChI=1S/C13H15FN2O/c1-9-3-11(4-10(2)13(9)14)6-16-8-15-5-12(16)7-17/h3-5,8,17H,6-7H2,1-2H3. The van der Waals surface area contributed by atoms with Crippen LogP contribution in [0, 0.1) is 19.7 Å². The molecule has 1 N–H and O–H groups in total. The lowest BCUT2D eigenvalue weighted by Gasteiger charge is -2.09. The normalized spacial score (nSPS) is 10.8. The third kappa shape index (κ3) is 2.36. The van der Waals surface area contributed by atoms with Crippen LogP contribution in [0.25, 0.3) is 0 Å². The maximum Gasteiger partial charge on any atom is 0.129 e. The molecule has 0 aliphatic heterocycles. The molecule has 0 saturated carbocycles. The minimum absolute atomic E-state index is 0.0425. The molecule has 4 heteroatoms. The smallest absolute Gasteiger partial charge is 0.129 e. The van der Waals surface area contributed by atoms with Crippen LogP contribution in [0.3, 0.4) is 0 Å². The molecule has 0 amide bonds. The molecule has 1 heterocycles. The van der Waals surface area contributed by atoms with Crippen LogP contribution in [-0.2, 0) is 13.2 Å². The lowest BCUT2D eigenvalue weighted by molar-refractivity contribution is 0.271. The first-order chi connectivity index (χ1) is 8.11. The molecule has 0 aliphatic rings. The summed E-state index contributed by atoms with van der Waals surface area (Å²) in [4.78, 5) is 3.98. The topological polar surface area (TPSA) is 38.0 Å². The first kappa shape index (κ1) is 11.8. The molecule has 2 rings (SSSR count). The first-order valence-electron chi connectivity index (χ1n) is 5.47. The number of aliphatic hydroxyl groups is 1. The summed E-state index contributed by atoms with van der Waals surface area (Å²) in [7, 11) is 0. The van der Waals surface area contributed by atoms with Crippen molar-refractivity contribution in [1.29, 1.82) is 0 Å². The summed E-state index contributed by atoms with van der Waals surface area (Å²) in [6.07, 6.45) is 3.29. The molecule has 1 aromatic heterocycles. The van der Waals surface area contributed by atoms with Gasteiger partial charge in [-0.2, -0.15) is 0 Å². The Morgan fingerprint density at radius 2 is 1.94 bits per heavy atom. The van der Waals surface area contributed by atoms with Gasteiger partial charge < -0.3 is 9.67 Å². The highest BCUT2D eigenvalue weighted by Crippen LogP contribution is 2.16. The summed E-state index contributed by atoms with van der Waals surface area (Å²) in [5.74, 6) is -0.151. The zero-order valence-corrected chi connectivity index (χ0v) is 9.94. The maximum absolute atomic E-state index is 13.5. The maximum atomic E-state index is 13.5. The Bertz CT molecular complexity index is 511. The molecule has 17 heavy (non-hydrogen) atoms. The van der Waals surface area contributed by atoms with Crippen molar-refractivity contribution < 1.29 is 9.50 Å². The van der Waals surface area contributed by atoms with Crippen LogP contribution < -0.4 is 0 Å². The fraction of sp³-hybridized carbons (Fsp3) is 0.308. The van der Waals surface area contributed by atoms with E-state index < -0.39 is 0 Å². The molecule has 0 bridgehead atoms. The molecular weight excluding hydrogens is 219 g/mol. The van der Waals surface area contributed by atoms with Gasteiger partial charge in [0.15, 0.2) is 0 Å². The summed E-state index contributed by atoms with van der Waals surface area (Å²) in [5, 5.41) is 9.12. The van der Waals surface area contributed by atoms with Crippen molar-refractivity contribution in [3.05, 3.63) is 52.9 Å². The third-order valence-corrected chi connectivity index (χ3v) is 2.81. The van der Waals surface area contributed by atoms with E-state index in [1.54, 1.807) is 26.4 Å². The summed E-state index contributed by atoms with van der Waals surface area (Å²) in [5.41, 5.74) is 3.05. The van der Waals surface area contributed by atoms with E-state index in [4.69, 9.17) is 5.11 Å². The predicted molar refractivity (Wildman–Crippen MR) is 63.1 cm³/mol. The Labute approximate surface area is 99.5 Å². The SMILES string of the molecule is Cc1cc(Cn2cncc2CO)cc(C)c1F. The average molecular weight is 234 g/mol. The second-order valence-electron chi connectivity index (χ2n) is 4.21.